The summed E-state index contributed by atoms with van der Waals surface area (Å²) in [7, 11) is -2.10. The van der Waals surface area contributed by atoms with Crippen LogP contribution in [0.15, 0.2) is 4.34 Å². The molecule has 1 aromatic rings. The van der Waals surface area contributed by atoms with E-state index >= 15 is 0 Å². The SMILES string of the molecule is CN(CC(=O)Nc1nnc(SCC(=O)N2CCCCCC2)s1)S(C)(=O)=O. The molecule has 26 heavy (non-hydrogen) atoms. The van der Waals surface area contributed by atoms with Gasteiger partial charge >= 0.3 is 0 Å². The lowest BCUT2D eigenvalue weighted by molar-refractivity contribution is -0.128. The van der Waals surface area contributed by atoms with Crippen molar-refractivity contribution in [1.82, 2.24) is 19.4 Å². The van der Waals surface area contributed by atoms with Crippen LogP contribution in [0, 0.1) is 0 Å². The molecule has 2 heterocycles. The van der Waals surface area contributed by atoms with Crippen LogP contribution >= 0.6 is 23.1 Å². The Hall–Kier alpha value is -1.24. The maximum Gasteiger partial charge on any atom is 0.241 e. The van der Waals surface area contributed by atoms with Crippen molar-refractivity contribution >= 4 is 50.1 Å². The summed E-state index contributed by atoms with van der Waals surface area (Å²) in [6.07, 6.45) is 5.47. The van der Waals surface area contributed by atoms with Gasteiger partial charge in [-0.2, -0.15) is 4.31 Å². The summed E-state index contributed by atoms with van der Waals surface area (Å²) in [6.45, 7) is 1.32. The summed E-state index contributed by atoms with van der Waals surface area (Å²) in [5, 5.41) is 10.6. The first-order valence-electron chi connectivity index (χ1n) is 8.21. The topological polar surface area (TPSA) is 113 Å². The summed E-state index contributed by atoms with van der Waals surface area (Å²) < 4.78 is 24.1. The Morgan fingerprint density at radius 1 is 1.23 bits per heavy atom. The van der Waals surface area contributed by atoms with Crippen molar-refractivity contribution in [1.29, 1.82) is 0 Å². The largest absolute Gasteiger partial charge is 0.342 e. The van der Waals surface area contributed by atoms with Gasteiger partial charge in [-0.1, -0.05) is 35.9 Å². The fraction of sp³-hybridized carbons (Fsp3) is 0.714. The van der Waals surface area contributed by atoms with Crippen LogP contribution in [0.5, 0.6) is 0 Å². The lowest BCUT2D eigenvalue weighted by atomic mass is 10.2. The minimum absolute atomic E-state index is 0.0902. The van der Waals surface area contributed by atoms with Gasteiger partial charge < -0.3 is 4.90 Å². The predicted octanol–water partition coefficient (Wildman–Crippen LogP) is 0.863. The molecule has 0 atom stereocenters. The molecule has 1 aliphatic heterocycles. The van der Waals surface area contributed by atoms with Crippen LogP contribution in [0.25, 0.3) is 0 Å². The number of nitrogens with zero attached hydrogens (tertiary/aromatic N) is 4. The third-order valence-corrected chi connectivity index (χ3v) is 7.08. The summed E-state index contributed by atoms with van der Waals surface area (Å²) in [6, 6.07) is 0. The molecule has 0 bridgehead atoms. The van der Waals surface area contributed by atoms with Gasteiger partial charge in [-0.25, -0.2) is 8.42 Å². The summed E-state index contributed by atoms with van der Waals surface area (Å²) in [4.78, 5) is 26.0. The molecule has 0 radical (unpaired) electrons. The van der Waals surface area contributed by atoms with Crippen molar-refractivity contribution in [2.45, 2.75) is 30.0 Å². The first-order valence-corrected chi connectivity index (χ1v) is 11.9. The summed E-state index contributed by atoms with van der Waals surface area (Å²) >= 11 is 2.45. The van der Waals surface area contributed by atoms with Gasteiger partial charge in [0.05, 0.1) is 18.6 Å². The van der Waals surface area contributed by atoms with Gasteiger partial charge in [-0.3, -0.25) is 14.9 Å². The Kier molecular flexibility index (Phi) is 7.80. The molecule has 0 aromatic carbocycles. The van der Waals surface area contributed by atoms with E-state index in [1.807, 2.05) is 4.90 Å². The zero-order valence-corrected chi connectivity index (χ0v) is 17.3. The second kappa shape index (κ2) is 9.62. The monoisotopic (exact) mass is 421 g/mol. The van der Waals surface area contributed by atoms with Crippen molar-refractivity contribution in [2.75, 3.05) is 44.0 Å². The van der Waals surface area contributed by atoms with E-state index in [0.717, 1.165) is 47.8 Å². The van der Waals surface area contributed by atoms with E-state index in [9.17, 15) is 18.0 Å². The van der Waals surface area contributed by atoms with Crippen LogP contribution in [0.1, 0.15) is 25.7 Å². The van der Waals surface area contributed by atoms with E-state index in [2.05, 4.69) is 15.5 Å². The van der Waals surface area contributed by atoms with Gasteiger partial charge in [0, 0.05) is 20.1 Å². The van der Waals surface area contributed by atoms with Gasteiger partial charge in [-0.15, -0.1) is 10.2 Å². The number of sulfonamides is 1. The number of amides is 2. The van der Waals surface area contributed by atoms with Crippen molar-refractivity contribution in [3.05, 3.63) is 0 Å². The molecule has 0 spiro atoms. The Labute approximate surface area is 161 Å². The van der Waals surface area contributed by atoms with Gasteiger partial charge in [-0.05, 0) is 12.8 Å². The Bertz CT molecular complexity index is 729. The molecular weight excluding hydrogens is 398 g/mol. The number of likely N-dealkylation sites (N-methyl/N-ethyl adjacent to an activating group) is 1. The molecule has 1 aliphatic rings. The minimum atomic E-state index is -3.42. The number of carbonyl (C=O) groups is 2. The van der Waals surface area contributed by atoms with E-state index < -0.39 is 15.9 Å². The number of likely N-dealkylation sites (tertiary alicyclic amines) is 1. The van der Waals surface area contributed by atoms with Crippen LogP contribution in [-0.2, 0) is 19.6 Å². The number of nitrogens with one attached hydrogen (secondary N) is 1. The minimum Gasteiger partial charge on any atom is -0.342 e. The maximum absolute atomic E-state index is 12.3. The zero-order chi connectivity index (χ0) is 19.2. The zero-order valence-electron chi connectivity index (χ0n) is 14.8. The third-order valence-electron chi connectivity index (χ3n) is 3.86. The smallest absolute Gasteiger partial charge is 0.241 e. The van der Waals surface area contributed by atoms with Gasteiger partial charge in [0.2, 0.25) is 27.0 Å². The lowest BCUT2D eigenvalue weighted by Crippen LogP contribution is -2.34. The van der Waals surface area contributed by atoms with Crippen LogP contribution in [0.2, 0.25) is 0 Å². The number of rotatable bonds is 7. The van der Waals surface area contributed by atoms with Crippen LogP contribution < -0.4 is 5.32 Å². The van der Waals surface area contributed by atoms with Gasteiger partial charge in [0.25, 0.3) is 0 Å². The number of thioether (sulfide) groups is 1. The first-order chi connectivity index (χ1) is 12.3. The molecule has 0 saturated carbocycles. The molecule has 2 amide bonds. The quantitative estimate of drug-likeness (QED) is 0.513. The van der Waals surface area contributed by atoms with Gasteiger partial charge in [0.1, 0.15) is 0 Å². The number of carbonyl (C=O) groups excluding carboxylic acids is 2. The molecule has 0 unspecified atom stereocenters. The molecule has 1 saturated heterocycles. The highest BCUT2D eigenvalue weighted by Gasteiger charge is 2.18. The van der Waals surface area contributed by atoms with E-state index in [4.69, 9.17) is 0 Å². The molecule has 12 heteroatoms. The molecular formula is C14H23N5O4S3. The normalized spacial score (nSPS) is 15.7. The molecule has 1 N–H and O–H groups in total. The lowest BCUT2D eigenvalue weighted by Gasteiger charge is -2.19. The molecule has 9 nitrogen and oxygen atoms in total. The third kappa shape index (κ3) is 6.82. The molecule has 0 aliphatic carbocycles. The second-order valence-corrected chi connectivity index (χ2v) is 10.3. The highest BCUT2D eigenvalue weighted by atomic mass is 32.2. The predicted molar refractivity (Wildman–Crippen MR) is 102 cm³/mol. The van der Waals surface area contributed by atoms with E-state index in [1.165, 1.54) is 31.7 Å². The fourth-order valence-corrected chi connectivity index (χ4v) is 4.35. The Morgan fingerprint density at radius 3 is 2.50 bits per heavy atom. The average Bonchev–Trinajstić information content (AvgIpc) is 2.82. The highest BCUT2D eigenvalue weighted by molar-refractivity contribution is 8.01. The molecule has 146 valence electrons. The highest BCUT2D eigenvalue weighted by Crippen LogP contribution is 2.26. The number of aromatic nitrogens is 2. The van der Waals surface area contributed by atoms with Crippen LogP contribution in [-0.4, -0.2) is 78.3 Å². The van der Waals surface area contributed by atoms with E-state index in [-0.39, 0.29) is 17.6 Å². The second-order valence-electron chi connectivity index (χ2n) is 6.02. The molecule has 1 fully saturated rings. The fourth-order valence-electron chi connectivity index (χ4n) is 2.33. The maximum atomic E-state index is 12.3. The Balaban J connectivity index is 1.80. The van der Waals surface area contributed by atoms with Gasteiger partial charge in [0.15, 0.2) is 4.34 Å². The van der Waals surface area contributed by atoms with E-state index in [1.54, 1.807) is 0 Å². The number of hydrogen-bond donors (Lipinski definition) is 1. The van der Waals surface area contributed by atoms with E-state index in [0.29, 0.717) is 10.1 Å². The number of hydrogen-bond acceptors (Lipinski definition) is 8. The Morgan fingerprint density at radius 2 is 1.88 bits per heavy atom. The van der Waals surface area contributed by atoms with Crippen molar-refractivity contribution in [2.24, 2.45) is 0 Å². The average molecular weight is 422 g/mol. The van der Waals surface area contributed by atoms with Crippen molar-refractivity contribution in [3.8, 4) is 0 Å². The molecule has 2 rings (SSSR count). The number of anilines is 1. The van der Waals surface area contributed by atoms with Crippen LogP contribution in [0.3, 0.4) is 0 Å². The summed E-state index contributed by atoms with van der Waals surface area (Å²) in [5.74, 6) is -0.113. The van der Waals surface area contributed by atoms with Crippen molar-refractivity contribution in [3.63, 3.8) is 0 Å². The van der Waals surface area contributed by atoms with Crippen molar-refractivity contribution < 1.29 is 18.0 Å². The van der Waals surface area contributed by atoms with Crippen LogP contribution in [0.4, 0.5) is 5.13 Å². The standard InChI is InChI=1S/C14H23N5O4S3/c1-18(26(2,22)23)9-11(20)15-13-16-17-14(25-13)24-10-12(21)19-7-5-3-4-6-8-19/h3-10H2,1-2H3,(H,15,16,20). The summed E-state index contributed by atoms with van der Waals surface area (Å²) in [5.41, 5.74) is 0. The molecule has 1 aromatic heterocycles. The first kappa shape index (κ1) is 21.1.